The monoisotopic (exact) mass is 226 g/mol. The molecule has 3 rings (SSSR count). The van der Waals surface area contributed by atoms with Crippen molar-refractivity contribution in [2.45, 2.75) is 25.7 Å². The Balaban J connectivity index is 2.11. The van der Waals surface area contributed by atoms with Gasteiger partial charge >= 0.3 is 0 Å². The Morgan fingerprint density at radius 2 is 1.88 bits per heavy atom. The molecule has 1 fully saturated rings. The maximum Gasteiger partial charge on any atom is 0.223 e. The first-order valence-electron chi connectivity index (χ1n) is 5.81. The first-order chi connectivity index (χ1) is 8.24. The second kappa shape index (κ2) is 3.80. The third kappa shape index (κ3) is 1.98. The zero-order valence-corrected chi connectivity index (χ0v) is 9.72. The summed E-state index contributed by atoms with van der Waals surface area (Å²) in [5, 5.41) is 0. The Bertz CT molecular complexity index is 561. The van der Waals surface area contributed by atoms with Crippen LogP contribution in [0.4, 0.5) is 5.95 Å². The van der Waals surface area contributed by atoms with Crippen molar-refractivity contribution in [3.8, 4) is 11.4 Å². The van der Waals surface area contributed by atoms with Crippen molar-refractivity contribution in [1.29, 1.82) is 0 Å². The molecule has 0 unspecified atom stereocenters. The van der Waals surface area contributed by atoms with Gasteiger partial charge in [0.05, 0.1) is 0 Å². The van der Waals surface area contributed by atoms with Gasteiger partial charge in [-0.2, -0.15) is 9.97 Å². The smallest absolute Gasteiger partial charge is 0.223 e. The molecule has 0 atom stereocenters. The SMILES string of the molecule is Cc1ccccc1-c1nc(N)nc(C2CC2)n1. The molecular weight excluding hydrogens is 212 g/mol. The Labute approximate surface area is 99.9 Å². The van der Waals surface area contributed by atoms with Gasteiger partial charge in [-0.15, -0.1) is 0 Å². The van der Waals surface area contributed by atoms with Crippen LogP contribution >= 0.6 is 0 Å². The molecule has 0 saturated heterocycles. The second-order valence-corrected chi connectivity index (χ2v) is 4.46. The van der Waals surface area contributed by atoms with E-state index in [-0.39, 0.29) is 0 Å². The summed E-state index contributed by atoms with van der Waals surface area (Å²) < 4.78 is 0. The molecule has 4 heteroatoms. The molecule has 17 heavy (non-hydrogen) atoms. The van der Waals surface area contributed by atoms with Crippen LogP contribution in [-0.2, 0) is 0 Å². The Morgan fingerprint density at radius 3 is 2.59 bits per heavy atom. The summed E-state index contributed by atoms with van der Waals surface area (Å²) in [5.41, 5.74) is 7.93. The van der Waals surface area contributed by atoms with Gasteiger partial charge in [0.15, 0.2) is 5.82 Å². The molecule has 2 N–H and O–H groups in total. The third-order valence-electron chi connectivity index (χ3n) is 3.00. The highest BCUT2D eigenvalue weighted by Gasteiger charge is 2.27. The number of aromatic nitrogens is 3. The average Bonchev–Trinajstić information content (AvgIpc) is 3.12. The summed E-state index contributed by atoms with van der Waals surface area (Å²) in [5.74, 6) is 2.34. The van der Waals surface area contributed by atoms with Crippen LogP contribution in [0.15, 0.2) is 24.3 Å². The van der Waals surface area contributed by atoms with Crippen LogP contribution in [0.25, 0.3) is 11.4 Å². The molecule has 1 aliphatic carbocycles. The van der Waals surface area contributed by atoms with Gasteiger partial charge < -0.3 is 5.73 Å². The van der Waals surface area contributed by atoms with E-state index in [0.717, 1.165) is 29.8 Å². The first-order valence-corrected chi connectivity index (χ1v) is 5.81. The van der Waals surface area contributed by atoms with Crippen molar-refractivity contribution >= 4 is 5.95 Å². The fraction of sp³-hybridized carbons (Fsp3) is 0.308. The lowest BCUT2D eigenvalue weighted by Gasteiger charge is -2.06. The van der Waals surface area contributed by atoms with E-state index in [9.17, 15) is 0 Å². The molecule has 0 bridgehead atoms. The van der Waals surface area contributed by atoms with Gasteiger partial charge in [0.25, 0.3) is 0 Å². The molecule has 1 aromatic heterocycles. The number of nitrogens with two attached hydrogens (primary N) is 1. The minimum atomic E-state index is 0.320. The number of aryl methyl sites for hydroxylation is 1. The van der Waals surface area contributed by atoms with Crippen LogP contribution in [0.1, 0.15) is 30.1 Å². The molecule has 2 aromatic rings. The number of rotatable bonds is 2. The third-order valence-corrected chi connectivity index (χ3v) is 3.00. The topological polar surface area (TPSA) is 64.7 Å². The van der Waals surface area contributed by atoms with E-state index in [2.05, 4.69) is 15.0 Å². The second-order valence-electron chi connectivity index (χ2n) is 4.46. The molecule has 0 amide bonds. The van der Waals surface area contributed by atoms with Crippen molar-refractivity contribution in [2.75, 3.05) is 5.73 Å². The van der Waals surface area contributed by atoms with Gasteiger partial charge in [0, 0.05) is 11.5 Å². The molecule has 4 nitrogen and oxygen atoms in total. The molecule has 0 spiro atoms. The molecule has 86 valence electrons. The van der Waals surface area contributed by atoms with Gasteiger partial charge in [-0.25, -0.2) is 4.98 Å². The molecule has 0 radical (unpaired) electrons. The normalized spacial score (nSPS) is 14.9. The van der Waals surface area contributed by atoms with Gasteiger partial charge in [-0.1, -0.05) is 24.3 Å². The summed E-state index contributed by atoms with van der Waals surface area (Å²) in [4.78, 5) is 13.0. The molecule has 1 saturated carbocycles. The van der Waals surface area contributed by atoms with E-state index >= 15 is 0 Å². The van der Waals surface area contributed by atoms with E-state index in [4.69, 9.17) is 5.73 Å². The standard InChI is InChI=1S/C13H14N4/c1-8-4-2-3-5-10(8)12-15-11(9-6-7-9)16-13(14)17-12/h2-5,9H,6-7H2,1H3,(H2,14,15,16,17). The molecular formula is C13H14N4. The van der Waals surface area contributed by atoms with Crippen LogP contribution in [0, 0.1) is 6.92 Å². The molecule has 1 aromatic carbocycles. The highest BCUT2D eigenvalue weighted by atomic mass is 15.1. The summed E-state index contributed by atoms with van der Waals surface area (Å²) in [6.45, 7) is 2.05. The van der Waals surface area contributed by atoms with Crippen molar-refractivity contribution in [3.05, 3.63) is 35.7 Å². The van der Waals surface area contributed by atoms with Gasteiger partial charge in [0.2, 0.25) is 5.95 Å². The van der Waals surface area contributed by atoms with E-state index in [0.29, 0.717) is 17.7 Å². The number of hydrogen-bond acceptors (Lipinski definition) is 4. The summed E-state index contributed by atoms with van der Waals surface area (Å²) >= 11 is 0. The molecule has 0 aliphatic heterocycles. The quantitative estimate of drug-likeness (QED) is 0.853. The van der Waals surface area contributed by atoms with Crippen molar-refractivity contribution in [1.82, 2.24) is 15.0 Å². The Hall–Kier alpha value is -1.97. The minimum absolute atomic E-state index is 0.320. The zero-order chi connectivity index (χ0) is 11.8. The van der Waals surface area contributed by atoms with Crippen LogP contribution in [0.3, 0.4) is 0 Å². The number of hydrogen-bond donors (Lipinski definition) is 1. The van der Waals surface area contributed by atoms with E-state index in [1.54, 1.807) is 0 Å². The lowest BCUT2D eigenvalue weighted by Crippen LogP contribution is -2.04. The summed E-state index contributed by atoms with van der Waals surface area (Å²) in [6.07, 6.45) is 2.33. The van der Waals surface area contributed by atoms with Crippen molar-refractivity contribution in [2.24, 2.45) is 0 Å². The maximum absolute atomic E-state index is 5.75. The average molecular weight is 226 g/mol. The molecule has 1 aliphatic rings. The lowest BCUT2D eigenvalue weighted by molar-refractivity contribution is 0.901. The predicted octanol–water partition coefficient (Wildman–Crippen LogP) is 2.31. The van der Waals surface area contributed by atoms with Gasteiger partial charge in [-0.3, -0.25) is 0 Å². The van der Waals surface area contributed by atoms with Gasteiger partial charge in [0.1, 0.15) is 5.82 Å². The number of nitrogen functional groups attached to an aromatic ring is 1. The van der Waals surface area contributed by atoms with Crippen LogP contribution in [-0.4, -0.2) is 15.0 Å². The highest BCUT2D eigenvalue weighted by molar-refractivity contribution is 5.60. The van der Waals surface area contributed by atoms with E-state index in [1.165, 1.54) is 0 Å². The first kappa shape index (κ1) is 10.2. The number of anilines is 1. The Kier molecular flexibility index (Phi) is 2.28. The van der Waals surface area contributed by atoms with E-state index < -0.39 is 0 Å². The van der Waals surface area contributed by atoms with E-state index in [1.807, 2.05) is 31.2 Å². The van der Waals surface area contributed by atoms with Crippen molar-refractivity contribution in [3.63, 3.8) is 0 Å². The lowest BCUT2D eigenvalue weighted by atomic mass is 10.1. The summed E-state index contributed by atoms with van der Waals surface area (Å²) in [7, 11) is 0. The van der Waals surface area contributed by atoms with Crippen molar-refractivity contribution < 1.29 is 0 Å². The summed E-state index contributed by atoms with van der Waals surface area (Å²) in [6, 6.07) is 8.05. The number of benzene rings is 1. The predicted molar refractivity (Wildman–Crippen MR) is 66.4 cm³/mol. The van der Waals surface area contributed by atoms with Crippen LogP contribution < -0.4 is 5.73 Å². The minimum Gasteiger partial charge on any atom is -0.368 e. The van der Waals surface area contributed by atoms with Crippen LogP contribution in [0.2, 0.25) is 0 Å². The number of nitrogens with zero attached hydrogens (tertiary/aromatic N) is 3. The maximum atomic E-state index is 5.75. The highest BCUT2D eigenvalue weighted by Crippen LogP contribution is 2.38. The fourth-order valence-electron chi connectivity index (χ4n) is 1.88. The molecule has 1 heterocycles. The largest absolute Gasteiger partial charge is 0.368 e. The fourth-order valence-corrected chi connectivity index (χ4v) is 1.88. The van der Waals surface area contributed by atoms with Crippen LogP contribution in [0.5, 0.6) is 0 Å². The van der Waals surface area contributed by atoms with Gasteiger partial charge in [-0.05, 0) is 25.3 Å². The Morgan fingerprint density at radius 1 is 1.12 bits per heavy atom. The zero-order valence-electron chi connectivity index (χ0n) is 9.72.